The summed E-state index contributed by atoms with van der Waals surface area (Å²) < 4.78 is 0. The van der Waals surface area contributed by atoms with Gasteiger partial charge in [0.15, 0.2) is 0 Å². The molecule has 4 nitrogen and oxygen atoms in total. The minimum absolute atomic E-state index is 0. The molecule has 140 valence electrons. The molecule has 1 fully saturated rings. The summed E-state index contributed by atoms with van der Waals surface area (Å²) in [5.41, 5.74) is 3.99. The molecule has 2 aromatic rings. The van der Waals surface area contributed by atoms with Crippen molar-refractivity contribution in [3.8, 4) is 0 Å². The van der Waals surface area contributed by atoms with Crippen LogP contribution in [0.1, 0.15) is 27.2 Å². The van der Waals surface area contributed by atoms with Crippen molar-refractivity contribution in [1.29, 1.82) is 0 Å². The van der Waals surface area contributed by atoms with Gasteiger partial charge < -0.3 is 10.2 Å². The summed E-state index contributed by atoms with van der Waals surface area (Å²) in [7, 11) is 0. The van der Waals surface area contributed by atoms with Crippen molar-refractivity contribution in [2.45, 2.75) is 25.8 Å². The normalized spacial score (nSPS) is 19.3. The first kappa shape index (κ1) is 19.2. The van der Waals surface area contributed by atoms with E-state index >= 15 is 0 Å². The second-order valence-corrected chi connectivity index (χ2v) is 7.92. The summed E-state index contributed by atoms with van der Waals surface area (Å²) in [6.45, 7) is 6.90. The molecule has 4 rings (SSSR count). The van der Waals surface area contributed by atoms with E-state index in [1.807, 2.05) is 18.4 Å². The van der Waals surface area contributed by atoms with Gasteiger partial charge in [0.05, 0.1) is 4.88 Å². The number of halogens is 1. The van der Waals surface area contributed by atoms with E-state index in [1.165, 1.54) is 35.4 Å². The fraction of sp³-hybridized carbons (Fsp3) is 0.450. The number of nitrogens with one attached hydrogen (secondary N) is 1. The molecule has 2 aliphatic heterocycles. The highest BCUT2D eigenvalue weighted by atomic mass is 35.5. The number of hydrogen-bond donors (Lipinski definition) is 1. The minimum atomic E-state index is 0. The number of thiophene rings is 1. The molecule has 6 heteroatoms. The second kappa shape index (κ2) is 8.42. The predicted molar refractivity (Wildman–Crippen MR) is 111 cm³/mol. The van der Waals surface area contributed by atoms with Crippen LogP contribution in [0.15, 0.2) is 35.7 Å². The average Bonchev–Trinajstić information content (AvgIpc) is 3.07. The Labute approximate surface area is 165 Å². The SMILES string of the molecule is Cc1ccsc1C(=O)NCCN1CCN2c3ccccc3CCC2C1.Cl. The van der Waals surface area contributed by atoms with Crippen molar-refractivity contribution in [3.05, 3.63) is 51.7 Å². The topological polar surface area (TPSA) is 35.6 Å². The van der Waals surface area contributed by atoms with Gasteiger partial charge >= 0.3 is 0 Å². The van der Waals surface area contributed by atoms with Crippen molar-refractivity contribution in [1.82, 2.24) is 10.2 Å². The number of carbonyl (C=O) groups excluding carboxylic acids is 1. The molecule has 1 unspecified atom stereocenters. The number of amides is 1. The molecule has 1 amide bonds. The van der Waals surface area contributed by atoms with Gasteiger partial charge in [0.1, 0.15) is 0 Å². The van der Waals surface area contributed by atoms with Crippen LogP contribution < -0.4 is 10.2 Å². The largest absolute Gasteiger partial charge is 0.366 e. The van der Waals surface area contributed by atoms with Gasteiger partial charge in [0.2, 0.25) is 0 Å². The molecule has 2 aliphatic rings. The molecule has 1 N–H and O–H groups in total. The van der Waals surface area contributed by atoms with Crippen molar-refractivity contribution < 1.29 is 4.79 Å². The van der Waals surface area contributed by atoms with Gasteiger partial charge in [-0.2, -0.15) is 0 Å². The fourth-order valence-electron chi connectivity index (χ4n) is 4.02. The van der Waals surface area contributed by atoms with E-state index < -0.39 is 0 Å². The Balaban J connectivity index is 0.00000196. The van der Waals surface area contributed by atoms with E-state index in [0.29, 0.717) is 6.04 Å². The summed E-state index contributed by atoms with van der Waals surface area (Å²) >= 11 is 1.52. The van der Waals surface area contributed by atoms with Gasteiger partial charge in [0, 0.05) is 44.5 Å². The molecule has 0 saturated carbocycles. The van der Waals surface area contributed by atoms with Crippen LogP contribution in [0.3, 0.4) is 0 Å². The molecule has 26 heavy (non-hydrogen) atoms. The smallest absolute Gasteiger partial charge is 0.261 e. The van der Waals surface area contributed by atoms with Crippen LogP contribution in [-0.4, -0.2) is 49.6 Å². The van der Waals surface area contributed by atoms with Crippen LogP contribution in [0.2, 0.25) is 0 Å². The molecule has 0 radical (unpaired) electrons. The molecule has 3 heterocycles. The van der Waals surface area contributed by atoms with Crippen molar-refractivity contribution >= 4 is 35.3 Å². The number of piperazine rings is 1. The fourth-order valence-corrected chi connectivity index (χ4v) is 4.87. The molecule has 0 bridgehead atoms. The summed E-state index contributed by atoms with van der Waals surface area (Å²) in [5.74, 6) is 0.0673. The number of anilines is 1. The number of para-hydroxylation sites is 1. The Hall–Kier alpha value is -1.56. The quantitative estimate of drug-likeness (QED) is 0.868. The second-order valence-electron chi connectivity index (χ2n) is 7.00. The van der Waals surface area contributed by atoms with Gasteiger partial charge in [-0.25, -0.2) is 0 Å². The molecule has 1 saturated heterocycles. The monoisotopic (exact) mass is 391 g/mol. The zero-order chi connectivity index (χ0) is 17.2. The molecular weight excluding hydrogens is 366 g/mol. The molecule has 0 aliphatic carbocycles. The van der Waals surface area contributed by atoms with E-state index in [-0.39, 0.29) is 18.3 Å². The van der Waals surface area contributed by atoms with Crippen LogP contribution in [0, 0.1) is 6.92 Å². The van der Waals surface area contributed by atoms with Crippen molar-refractivity contribution in [2.24, 2.45) is 0 Å². The number of carbonyl (C=O) groups is 1. The number of benzene rings is 1. The van der Waals surface area contributed by atoms with E-state index in [0.717, 1.165) is 43.2 Å². The lowest BCUT2D eigenvalue weighted by atomic mass is 9.94. The van der Waals surface area contributed by atoms with Crippen LogP contribution >= 0.6 is 23.7 Å². The van der Waals surface area contributed by atoms with Gasteiger partial charge in [-0.3, -0.25) is 9.69 Å². The Bertz CT molecular complexity index is 763. The standard InChI is InChI=1S/C20H25N3OS.ClH/c1-15-8-13-25-19(15)20(24)21-9-10-22-11-12-23-17(14-22)7-6-16-4-2-3-5-18(16)23;/h2-5,8,13,17H,6-7,9-12,14H2,1H3,(H,21,24);1H. The molecule has 1 atom stereocenters. The first-order chi connectivity index (χ1) is 12.2. The van der Waals surface area contributed by atoms with Crippen LogP contribution in [-0.2, 0) is 6.42 Å². The van der Waals surface area contributed by atoms with Crippen LogP contribution in [0.5, 0.6) is 0 Å². The van der Waals surface area contributed by atoms with E-state index in [9.17, 15) is 4.79 Å². The number of hydrogen-bond acceptors (Lipinski definition) is 4. The molecular formula is C20H26ClN3OS. The van der Waals surface area contributed by atoms with Crippen molar-refractivity contribution in [3.63, 3.8) is 0 Å². The van der Waals surface area contributed by atoms with E-state index in [2.05, 4.69) is 39.4 Å². The third kappa shape index (κ3) is 3.90. The summed E-state index contributed by atoms with van der Waals surface area (Å²) in [6, 6.07) is 11.4. The van der Waals surface area contributed by atoms with E-state index in [4.69, 9.17) is 0 Å². The third-order valence-corrected chi connectivity index (χ3v) is 6.41. The van der Waals surface area contributed by atoms with Gasteiger partial charge in [-0.1, -0.05) is 18.2 Å². The highest BCUT2D eigenvalue weighted by Gasteiger charge is 2.31. The average molecular weight is 392 g/mol. The minimum Gasteiger partial charge on any atom is -0.366 e. The third-order valence-electron chi connectivity index (χ3n) is 5.40. The number of nitrogens with zero attached hydrogens (tertiary/aromatic N) is 2. The van der Waals surface area contributed by atoms with Crippen molar-refractivity contribution in [2.75, 3.05) is 37.6 Å². The number of rotatable bonds is 4. The van der Waals surface area contributed by atoms with E-state index in [1.54, 1.807) is 0 Å². The zero-order valence-electron chi connectivity index (χ0n) is 15.1. The predicted octanol–water partition coefficient (Wildman–Crippen LogP) is 3.35. The summed E-state index contributed by atoms with van der Waals surface area (Å²) in [4.78, 5) is 18.1. The lowest BCUT2D eigenvalue weighted by molar-refractivity contribution is 0.0949. The molecule has 0 spiro atoms. The van der Waals surface area contributed by atoms with Crippen LogP contribution in [0.25, 0.3) is 0 Å². The molecule has 1 aromatic carbocycles. The Morgan fingerprint density at radius 3 is 2.92 bits per heavy atom. The highest BCUT2D eigenvalue weighted by Crippen LogP contribution is 2.32. The zero-order valence-corrected chi connectivity index (χ0v) is 16.7. The van der Waals surface area contributed by atoms with Gasteiger partial charge in [0.25, 0.3) is 5.91 Å². The Kier molecular flexibility index (Phi) is 6.22. The summed E-state index contributed by atoms with van der Waals surface area (Å²) in [5, 5.41) is 5.05. The highest BCUT2D eigenvalue weighted by molar-refractivity contribution is 7.12. The maximum Gasteiger partial charge on any atom is 0.261 e. The Morgan fingerprint density at radius 1 is 1.27 bits per heavy atom. The van der Waals surface area contributed by atoms with Crippen LogP contribution in [0.4, 0.5) is 5.69 Å². The Morgan fingerprint density at radius 2 is 2.12 bits per heavy atom. The summed E-state index contributed by atoms with van der Waals surface area (Å²) in [6.07, 6.45) is 2.41. The number of aryl methyl sites for hydroxylation is 2. The lowest BCUT2D eigenvalue weighted by Gasteiger charge is -2.46. The molecule has 1 aromatic heterocycles. The first-order valence-corrected chi connectivity index (χ1v) is 9.99. The maximum atomic E-state index is 12.2. The van der Waals surface area contributed by atoms with Gasteiger partial charge in [-0.05, 0) is 48.4 Å². The van der Waals surface area contributed by atoms with Gasteiger partial charge in [-0.15, -0.1) is 23.7 Å². The maximum absolute atomic E-state index is 12.2. The lowest BCUT2D eigenvalue weighted by Crippen LogP contribution is -2.56. The first-order valence-electron chi connectivity index (χ1n) is 9.11. The number of fused-ring (bicyclic) bond motifs is 3.